The summed E-state index contributed by atoms with van der Waals surface area (Å²) in [7, 11) is 0. The molecule has 142 valence electrons. The molecular weight excluding hydrogens is 332 g/mol. The Kier molecular flexibility index (Phi) is 6.44. The number of benzene rings is 1. The van der Waals surface area contributed by atoms with Crippen molar-refractivity contribution in [3.63, 3.8) is 0 Å². The summed E-state index contributed by atoms with van der Waals surface area (Å²) in [6, 6.07) is 7.04. The van der Waals surface area contributed by atoms with Crippen LogP contribution in [0.3, 0.4) is 0 Å². The summed E-state index contributed by atoms with van der Waals surface area (Å²) in [4.78, 5) is 27.1. The lowest BCUT2D eigenvalue weighted by Crippen LogP contribution is -2.50. The van der Waals surface area contributed by atoms with Crippen LogP contribution < -0.4 is 10.2 Å². The van der Waals surface area contributed by atoms with Gasteiger partial charge < -0.3 is 10.2 Å². The molecule has 1 saturated heterocycles. The van der Waals surface area contributed by atoms with Crippen LogP contribution in [0.1, 0.15) is 38.5 Å². The fourth-order valence-corrected chi connectivity index (χ4v) is 3.85. The number of carbonyl (C=O) groups excluding carboxylic acids is 1. The highest BCUT2D eigenvalue weighted by atomic mass is 16.6. The van der Waals surface area contributed by atoms with Gasteiger partial charge in [-0.25, -0.2) is 0 Å². The van der Waals surface area contributed by atoms with Gasteiger partial charge in [-0.15, -0.1) is 0 Å². The summed E-state index contributed by atoms with van der Waals surface area (Å²) in [6.45, 7) is 3.78. The van der Waals surface area contributed by atoms with E-state index in [0.717, 1.165) is 44.7 Å². The largest absolute Gasteiger partial charge is 0.369 e. The fraction of sp³-hybridized carbons (Fsp3) is 0.632. The van der Waals surface area contributed by atoms with Gasteiger partial charge in [0, 0.05) is 50.0 Å². The summed E-state index contributed by atoms with van der Waals surface area (Å²) < 4.78 is 0. The summed E-state index contributed by atoms with van der Waals surface area (Å²) in [5.74, 6) is 0.140. The number of nitro benzene ring substituents is 1. The molecule has 1 saturated carbocycles. The van der Waals surface area contributed by atoms with E-state index in [1.54, 1.807) is 24.3 Å². The summed E-state index contributed by atoms with van der Waals surface area (Å²) in [6.07, 6.45) is 7.24. The van der Waals surface area contributed by atoms with Crippen molar-refractivity contribution in [2.75, 3.05) is 37.6 Å². The smallest absolute Gasteiger partial charge is 0.269 e. The fourth-order valence-electron chi connectivity index (χ4n) is 3.85. The summed E-state index contributed by atoms with van der Waals surface area (Å²) in [5.41, 5.74) is 1.11. The van der Waals surface area contributed by atoms with Crippen LogP contribution in [0.15, 0.2) is 24.3 Å². The van der Waals surface area contributed by atoms with Gasteiger partial charge in [-0.3, -0.25) is 19.8 Å². The minimum atomic E-state index is -0.380. The molecule has 26 heavy (non-hydrogen) atoms. The lowest BCUT2D eigenvalue weighted by atomic mass is 10.1. The average molecular weight is 360 g/mol. The predicted molar refractivity (Wildman–Crippen MR) is 101 cm³/mol. The van der Waals surface area contributed by atoms with Gasteiger partial charge >= 0.3 is 0 Å². The Labute approximate surface area is 154 Å². The maximum absolute atomic E-state index is 12.3. The molecule has 3 rings (SSSR count). The number of nitrogens with one attached hydrogen (secondary N) is 1. The van der Waals surface area contributed by atoms with Gasteiger partial charge in [0.1, 0.15) is 0 Å². The SMILES string of the molecule is O=C(CN1CCN(c2ccc([N+](=O)[O-])cc2)CC1)NC1CCCCCC1. The number of nitro groups is 1. The maximum atomic E-state index is 12.3. The van der Waals surface area contributed by atoms with Gasteiger partial charge in [0.2, 0.25) is 5.91 Å². The Hall–Kier alpha value is -2.15. The van der Waals surface area contributed by atoms with Crippen LogP contribution in [0.4, 0.5) is 11.4 Å². The molecule has 1 amide bonds. The van der Waals surface area contributed by atoms with E-state index in [2.05, 4.69) is 15.1 Å². The molecule has 1 aliphatic heterocycles. The molecule has 1 aromatic carbocycles. The summed E-state index contributed by atoms with van der Waals surface area (Å²) >= 11 is 0. The standard InChI is InChI=1S/C19H28N4O3/c24-19(20-16-5-3-1-2-4-6-16)15-21-11-13-22(14-12-21)17-7-9-18(10-8-17)23(25)26/h7-10,16H,1-6,11-15H2,(H,20,24). The van der Waals surface area contributed by atoms with Crippen LogP contribution in [0.2, 0.25) is 0 Å². The van der Waals surface area contributed by atoms with E-state index < -0.39 is 0 Å². The molecular formula is C19H28N4O3. The second-order valence-corrected chi connectivity index (χ2v) is 7.29. The van der Waals surface area contributed by atoms with Crippen molar-refractivity contribution < 1.29 is 9.72 Å². The monoisotopic (exact) mass is 360 g/mol. The molecule has 7 nitrogen and oxygen atoms in total. The molecule has 0 radical (unpaired) electrons. The average Bonchev–Trinajstić information content (AvgIpc) is 2.91. The zero-order valence-electron chi connectivity index (χ0n) is 15.2. The number of anilines is 1. The molecule has 1 heterocycles. The third kappa shape index (κ3) is 5.17. The normalized spacial score (nSPS) is 19.8. The van der Waals surface area contributed by atoms with Crippen LogP contribution in [-0.2, 0) is 4.79 Å². The number of piperazine rings is 1. The van der Waals surface area contributed by atoms with Crippen LogP contribution in [0.25, 0.3) is 0 Å². The van der Waals surface area contributed by atoms with Gasteiger partial charge in [-0.2, -0.15) is 0 Å². The van der Waals surface area contributed by atoms with Gasteiger partial charge in [-0.05, 0) is 25.0 Å². The highest BCUT2D eigenvalue weighted by molar-refractivity contribution is 5.78. The first-order valence-electron chi connectivity index (χ1n) is 9.63. The van der Waals surface area contributed by atoms with Gasteiger partial charge in [0.25, 0.3) is 5.69 Å². The van der Waals surface area contributed by atoms with Gasteiger partial charge in [-0.1, -0.05) is 25.7 Å². The molecule has 0 aromatic heterocycles. The first-order valence-corrected chi connectivity index (χ1v) is 9.63. The molecule has 2 aliphatic rings. The van der Waals surface area contributed by atoms with E-state index in [-0.39, 0.29) is 16.5 Å². The highest BCUT2D eigenvalue weighted by Crippen LogP contribution is 2.21. The van der Waals surface area contributed by atoms with E-state index >= 15 is 0 Å². The first kappa shape index (κ1) is 18.6. The first-order chi connectivity index (χ1) is 12.6. The van der Waals surface area contributed by atoms with Gasteiger partial charge in [0.05, 0.1) is 11.5 Å². The number of nitrogens with zero attached hydrogens (tertiary/aromatic N) is 3. The second kappa shape index (κ2) is 8.98. The van der Waals surface area contributed by atoms with Crippen molar-refractivity contribution in [2.24, 2.45) is 0 Å². The number of non-ortho nitro benzene ring substituents is 1. The number of hydrogen-bond donors (Lipinski definition) is 1. The minimum Gasteiger partial charge on any atom is -0.369 e. The van der Waals surface area contributed by atoms with Gasteiger partial charge in [0.15, 0.2) is 0 Å². The Morgan fingerprint density at radius 3 is 2.23 bits per heavy atom. The van der Waals surface area contributed by atoms with Crippen LogP contribution >= 0.6 is 0 Å². The topological polar surface area (TPSA) is 78.7 Å². The van der Waals surface area contributed by atoms with Crippen molar-refractivity contribution >= 4 is 17.3 Å². The lowest BCUT2D eigenvalue weighted by molar-refractivity contribution is -0.384. The van der Waals surface area contributed by atoms with E-state index in [9.17, 15) is 14.9 Å². The van der Waals surface area contributed by atoms with E-state index in [1.165, 1.54) is 25.7 Å². The molecule has 0 unspecified atom stereocenters. The van der Waals surface area contributed by atoms with Crippen LogP contribution in [0, 0.1) is 10.1 Å². The van der Waals surface area contributed by atoms with Crippen molar-refractivity contribution in [3.8, 4) is 0 Å². The van der Waals surface area contributed by atoms with E-state index in [1.807, 2.05) is 0 Å². The van der Waals surface area contributed by atoms with E-state index in [0.29, 0.717) is 12.6 Å². The number of carbonyl (C=O) groups is 1. The Balaban J connectivity index is 1.43. The minimum absolute atomic E-state index is 0.113. The predicted octanol–water partition coefficient (Wildman–Crippen LogP) is 2.56. The Bertz CT molecular complexity index is 604. The van der Waals surface area contributed by atoms with Crippen molar-refractivity contribution in [2.45, 2.75) is 44.6 Å². The van der Waals surface area contributed by atoms with Crippen LogP contribution in [0.5, 0.6) is 0 Å². The van der Waals surface area contributed by atoms with Crippen molar-refractivity contribution in [1.82, 2.24) is 10.2 Å². The maximum Gasteiger partial charge on any atom is 0.269 e. The quantitative estimate of drug-likeness (QED) is 0.496. The molecule has 0 spiro atoms. The molecule has 7 heteroatoms. The van der Waals surface area contributed by atoms with Crippen molar-refractivity contribution in [3.05, 3.63) is 34.4 Å². The zero-order chi connectivity index (χ0) is 18.4. The summed E-state index contributed by atoms with van der Waals surface area (Å²) in [5, 5.41) is 14.0. The van der Waals surface area contributed by atoms with E-state index in [4.69, 9.17) is 0 Å². The third-order valence-corrected chi connectivity index (χ3v) is 5.39. The number of amides is 1. The number of rotatable bonds is 5. The Morgan fingerprint density at radius 1 is 1.04 bits per heavy atom. The van der Waals surface area contributed by atoms with Crippen LogP contribution in [-0.4, -0.2) is 54.5 Å². The molecule has 0 atom stereocenters. The molecule has 1 aliphatic carbocycles. The molecule has 2 fully saturated rings. The second-order valence-electron chi connectivity index (χ2n) is 7.29. The Morgan fingerprint density at radius 2 is 1.65 bits per heavy atom. The molecule has 1 aromatic rings. The highest BCUT2D eigenvalue weighted by Gasteiger charge is 2.21. The molecule has 1 N–H and O–H groups in total. The molecule has 0 bridgehead atoms. The third-order valence-electron chi connectivity index (χ3n) is 5.39. The van der Waals surface area contributed by atoms with Crippen molar-refractivity contribution in [1.29, 1.82) is 0 Å². The lowest BCUT2D eigenvalue weighted by Gasteiger charge is -2.35. The number of hydrogen-bond acceptors (Lipinski definition) is 5. The zero-order valence-corrected chi connectivity index (χ0v) is 15.2.